The maximum absolute atomic E-state index is 12.0. The molecule has 0 aliphatic carbocycles. The fourth-order valence-corrected chi connectivity index (χ4v) is 3.72. The molecule has 5 nitrogen and oxygen atoms in total. The lowest BCUT2D eigenvalue weighted by Crippen LogP contribution is -2.09. The predicted molar refractivity (Wildman–Crippen MR) is 125 cm³/mol. The Morgan fingerprint density at radius 2 is 1.84 bits per heavy atom. The van der Waals surface area contributed by atoms with Gasteiger partial charge in [-0.15, -0.1) is 0 Å². The van der Waals surface area contributed by atoms with Crippen LogP contribution >= 0.6 is 0 Å². The lowest BCUT2D eigenvalue weighted by Gasteiger charge is -2.12. The van der Waals surface area contributed by atoms with E-state index in [0.29, 0.717) is 25.5 Å². The van der Waals surface area contributed by atoms with Crippen LogP contribution in [0.3, 0.4) is 0 Å². The van der Waals surface area contributed by atoms with Crippen molar-refractivity contribution < 1.29 is 18.7 Å². The highest BCUT2D eigenvalue weighted by Crippen LogP contribution is 2.30. The number of aryl methyl sites for hydroxylation is 1. The summed E-state index contributed by atoms with van der Waals surface area (Å²) in [5.74, 6) is 0.415. The van der Waals surface area contributed by atoms with Crippen LogP contribution in [0.4, 0.5) is 0 Å². The van der Waals surface area contributed by atoms with Crippen molar-refractivity contribution in [2.45, 2.75) is 33.4 Å². The zero-order valence-corrected chi connectivity index (χ0v) is 18.4. The van der Waals surface area contributed by atoms with Gasteiger partial charge < -0.3 is 19.6 Å². The average molecular weight is 430 g/mol. The number of benzene rings is 3. The molecule has 0 radical (unpaired) electrons. The van der Waals surface area contributed by atoms with Gasteiger partial charge >= 0.3 is 5.97 Å². The number of ether oxygens (including phenoxy) is 2. The molecular weight excluding hydrogens is 402 g/mol. The highest BCUT2D eigenvalue weighted by molar-refractivity contribution is 5.86. The van der Waals surface area contributed by atoms with E-state index in [1.54, 1.807) is 13.2 Å². The normalized spacial score (nSPS) is 11.0. The lowest BCUT2D eigenvalue weighted by atomic mass is 10.0. The van der Waals surface area contributed by atoms with Crippen molar-refractivity contribution in [2.75, 3.05) is 6.61 Å². The van der Waals surface area contributed by atoms with E-state index < -0.39 is 0 Å². The van der Waals surface area contributed by atoms with Crippen molar-refractivity contribution in [2.24, 2.45) is 5.73 Å². The lowest BCUT2D eigenvalue weighted by molar-refractivity contribution is -0.142. The largest absolute Gasteiger partial charge is 0.488 e. The molecule has 2 N–H and O–H groups in total. The molecule has 0 aliphatic rings. The maximum atomic E-state index is 12.0. The molecule has 0 unspecified atom stereocenters. The second-order valence-electron chi connectivity index (χ2n) is 7.76. The number of rotatable bonds is 8. The molecule has 1 heterocycles. The van der Waals surface area contributed by atoms with Gasteiger partial charge in [-0.05, 0) is 60.4 Å². The topological polar surface area (TPSA) is 74.7 Å². The van der Waals surface area contributed by atoms with Crippen molar-refractivity contribution in [3.05, 3.63) is 89.2 Å². The number of hydrogen-bond acceptors (Lipinski definition) is 5. The van der Waals surface area contributed by atoms with Crippen LogP contribution in [-0.2, 0) is 29.1 Å². The van der Waals surface area contributed by atoms with Gasteiger partial charge in [0.05, 0.1) is 19.3 Å². The number of fused-ring (bicyclic) bond motifs is 1. The van der Waals surface area contributed by atoms with Gasteiger partial charge in [0, 0.05) is 23.1 Å². The van der Waals surface area contributed by atoms with Crippen LogP contribution in [0.15, 0.2) is 71.3 Å². The molecule has 0 saturated carbocycles. The molecule has 32 heavy (non-hydrogen) atoms. The second kappa shape index (κ2) is 9.71. The maximum Gasteiger partial charge on any atom is 0.310 e. The zero-order valence-electron chi connectivity index (χ0n) is 18.4. The van der Waals surface area contributed by atoms with Crippen molar-refractivity contribution in [1.29, 1.82) is 0 Å². The summed E-state index contributed by atoms with van der Waals surface area (Å²) in [6.45, 7) is 4.99. The monoisotopic (exact) mass is 429 g/mol. The molecule has 0 bridgehead atoms. The molecule has 0 aliphatic heterocycles. The van der Waals surface area contributed by atoms with E-state index in [0.717, 1.165) is 44.3 Å². The molecule has 0 amide bonds. The van der Waals surface area contributed by atoms with Crippen LogP contribution in [0.1, 0.15) is 29.2 Å². The van der Waals surface area contributed by atoms with Crippen LogP contribution in [-0.4, -0.2) is 12.6 Å². The molecule has 0 fully saturated rings. The number of nitrogens with two attached hydrogens (primary N) is 1. The van der Waals surface area contributed by atoms with Gasteiger partial charge in [-0.3, -0.25) is 4.79 Å². The highest BCUT2D eigenvalue weighted by atomic mass is 16.5. The Morgan fingerprint density at radius 3 is 2.66 bits per heavy atom. The minimum Gasteiger partial charge on any atom is -0.488 e. The van der Waals surface area contributed by atoms with Crippen molar-refractivity contribution in [1.82, 2.24) is 0 Å². The predicted octanol–water partition coefficient (Wildman–Crippen LogP) is 5.55. The molecule has 0 saturated heterocycles. The first kappa shape index (κ1) is 21.7. The van der Waals surface area contributed by atoms with Gasteiger partial charge in [-0.1, -0.05) is 36.4 Å². The van der Waals surface area contributed by atoms with E-state index in [1.165, 1.54) is 0 Å². The summed E-state index contributed by atoms with van der Waals surface area (Å²) in [5.41, 5.74) is 12.7. The SMILES string of the molecule is CCOC(=O)Cc1ccc(C)cc1OCc1coc2ccc(-c3cccc(CN)c3)cc12. The van der Waals surface area contributed by atoms with Crippen LogP contribution in [0, 0.1) is 6.92 Å². The first-order chi connectivity index (χ1) is 15.6. The zero-order chi connectivity index (χ0) is 22.5. The number of carbonyl (C=O) groups excluding carboxylic acids is 1. The van der Waals surface area contributed by atoms with E-state index in [-0.39, 0.29) is 12.4 Å². The minimum atomic E-state index is -0.265. The van der Waals surface area contributed by atoms with Gasteiger partial charge in [0.1, 0.15) is 17.9 Å². The quantitative estimate of drug-likeness (QED) is 0.372. The molecule has 4 aromatic rings. The molecule has 1 aromatic heterocycles. The van der Waals surface area contributed by atoms with E-state index in [4.69, 9.17) is 19.6 Å². The fourth-order valence-electron chi connectivity index (χ4n) is 3.72. The molecular formula is C27H27NO4. The van der Waals surface area contributed by atoms with E-state index in [2.05, 4.69) is 18.2 Å². The summed E-state index contributed by atoms with van der Waals surface area (Å²) in [6.07, 6.45) is 1.91. The Morgan fingerprint density at radius 1 is 1.00 bits per heavy atom. The minimum absolute atomic E-state index is 0.178. The van der Waals surface area contributed by atoms with E-state index in [1.807, 2.05) is 49.4 Å². The number of hydrogen-bond donors (Lipinski definition) is 1. The van der Waals surface area contributed by atoms with E-state index >= 15 is 0 Å². The number of carbonyl (C=O) groups is 1. The third kappa shape index (κ3) is 4.84. The fraction of sp³-hybridized carbons (Fsp3) is 0.222. The Labute approximate surface area is 187 Å². The van der Waals surface area contributed by atoms with Gasteiger partial charge in [-0.25, -0.2) is 0 Å². The third-order valence-electron chi connectivity index (χ3n) is 5.40. The second-order valence-corrected chi connectivity index (χ2v) is 7.76. The van der Waals surface area contributed by atoms with Gasteiger partial charge in [0.25, 0.3) is 0 Å². The summed E-state index contributed by atoms with van der Waals surface area (Å²) < 4.78 is 17.0. The third-order valence-corrected chi connectivity index (χ3v) is 5.40. The summed E-state index contributed by atoms with van der Waals surface area (Å²) in [7, 11) is 0. The molecule has 3 aromatic carbocycles. The first-order valence-corrected chi connectivity index (χ1v) is 10.7. The first-order valence-electron chi connectivity index (χ1n) is 10.7. The molecule has 5 heteroatoms. The van der Waals surface area contributed by atoms with Crippen molar-refractivity contribution >= 4 is 16.9 Å². The molecule has 164 valence electrons. The Hall–Kier alpha value is -3.57. The summed E-state index contributed by atoms with van der Waals surface area (Å²) in [6, 6.07) is 20.2. The standard InChI is InChI=1S/C27H27NO4/c1-3-30-27(29)14-22-8-7-18(2)11-26(22)32-17-23-16-31-25-10-9-21(13-24(23)25)20-6-4-5-19(12-20)15-28/h4-13,16H,3,14-15,17,28H2,1-2H3. The smallest absolute Gasteiger partial charge is 0.310 e. The van der Waals surface area contributed by atoms with Crippen LogP contribution in [0.25, 0.3) is 22.1 Å². The Kier molecular flexibility index (Phi) is 6.57. The van der Waals surface area contributed by atoms with Crippen LogP contribution in [0.2, 0.25) is 0 Å². The summed E-state index contributed by atoms with van der Waals surface area (Å²) in [4.78, 5) is 12.0. The summed E-state index contributed by atoms with van der Waals surface area (Å²) >= 11 is 0. The van der Waals surface area contributed by atoms with Crippen LogP contribution in [0.5, 0.6) is 5.75 Å². The number of esters is 1. The summed E-state index contributed by atoms with van der Waals surface area (Å²) in [5, 5.41) is 1.00. The Balaban J connectivity index is 1.59. The molecule has 0 atom stereocenters. The van der Waals surface area contributed by atoms with Crippen molar-refractivity contribution in [3.63, 3.8) is 0 Å². The van der Waals surface area contributed by atoms with Crippen LogP contribution < -0.4 is 10.5 Å². The van der Waals surface area contributed by atoms with Gasteiger partial charge in [0.15, 0.2) is 0 Å². The average Bonchev–Trinajstić information content (AvgIpc) is 3.21. The number of furan rings is 1. The highest BCUT2D eigenvalue weighted by Gasteiger charge is 2.13. The van der Waals surface area contributed by atoms with E-state index in [9.17, 15) is 4.79 Å². The Bertz CT molecular complexity index is 1240. The molecule has 0 spiro atoms. The van der Waals surface area contributed by atoms with Gasteiger partial charge in [-0.2, -0.15) is 0 Å². The molecule has 4 rings (SSSR count). The van der Waals surface area contributed by atoms with Crippen molar-refractivity contribution in [3.8, 4) is 16.9 Å². The van der Waals surface area contributed by atoms with Gasteiger partial charge in [0.2, 0.25) is 0 Å².